The van der Waals surface area contributed by atoms with Crippen molar-refractivity contribution >= 4 is 23.1 Å². The molecule has 21 heavy (non-hydrogen) atoms. The van der Waals surface area contributed by atoms with Crippen molar-refractivity contribution in [3.8, 4) is 0 Å². The fraction of sp³-hybridized carbons (Fsp3) is 0.562. The molecule has 0 radical (unpaired) electrons. The summed E-state index contributed by atoms with van der Waals surface area (Å²) >= 11 is 6.11. The number of anilines is 1. The normalized spacial score (nSPS) is 10.9. The van der Waals surface area contributed by atoms with Gasteiger partial charge in [0.2, 0.25) is 0 Å². The Labute approximate surface area is 133 Å². The summed E-state index contributed by atoms with van der Waals surface area (Å²) in [5.74, 6) is 0.0869. The number of rotatable bonds is 9. The van der Waals surface area contributed by atoms with Crippen molar-refractivity contribution in [2.75, 3.05) is 37.6 Å². The molecule has 0 aliphatic heterocycles. The largest absolute Gasteiger partial charge is 0.384 e. The molecule has 1 rings (SSSR count). The zero-order valence-corrected chi connectivity index (χ0v) is 14.1. The number of nitrogens with two attached hydrogens (primary N) is 1. The summed E-state index contributed by atoms with van der Waals surface area (Å²) < 4.78 is 0. The van der Waals surface area contributed by atoms with Crippen molar-refractivity contribution < 1.29 is 0 Å². The highest BCUT2D eigenvalue weighted by Gasteiger charge is 2.13. The molecule has 3 N–H and O–H groups in total. The fourth-order valence-corrected chi connectivity index (χ4v) is 2.63. The van der Waals surface area contributed by atoms with E-state index in [9.17, 15) is 0 Å². The van der Waals surface area contributed by atoms with E-state index in [-0.39, 0.29) is 5.84 Å². The molecule has 0 aliphatic carbocycles. The van der Waals surface area contributed by atoms with Gasteiger partial charge in [-0.05, 0) is 51.2 Å². The highest BCUT2D eigenvalue weighted by Crippen LogP contribution is 2.25. The Morgan fingerprint density at radius 1 is 1.14 bits per heavy atom. The summed E-state index contributed by atoms with van der Waals surface area (Å²) in [4.78, 5) is 4.66. The molecule has 1 aromatic carbocycles. The molecule has 0 saturated heterocycles. The monoisotopic (exact) mass is 310 g/mol. The van der Waals surface area contributed by atoms with E-state index in [1.54, 1.807) is 6.07 Å². The van der Waals surface area contributed by atoms with E-state index in [2.05, 4.69) is 30.6 Å². The third kappa shape index (κ3) is 5.21. The van der Waals surface area contributed by atoms with Crippen LogP contribution in [0, 0.1) is 5.41 Å². The number of nitrogens with one attached hydrogen (secondary N) is 1. The van der Waals surface area contributed by atoms with Gasteiger partial charge >= 0.3 is 0 Å². The van der Waals surface area contributed by atoms with Crippen LogP contribution in [0.2, 0.25) is 5.02 Å². The van der Waals surface area contributed by atoms with Crippen molar-refractivity contribution in [3.63, 3.8) is 0 Å². The quantitative estimate of drug-likeness (QED) is 0.544. The Morgan fingerprint density at radius 3 is 2.33 bits per heavy atom. The second kappa shape index (κ2) is 8.90. The fourth-order valence-electron chi connectivity index (χ4n) is 2.47. The number of nitrogens with zero attached hydrogens (tertiary/aromatic N) is 2. The van der Waals surface area contributed by atoms with Crippen LogP contribution in [0.5, 0.6) is 0 Å². The van der Waals surface area contributed by atoms with Gasteiger partial charge in [0.15, 0.2) is 0 Å². The lowest BCUT2D eigenvalue weighted by Crippen LogP contribution is -2.31. The minimum atomic E-state index is 0.0869. The second-order valence-electron chi connectivity index (χ2n) is 5.04. The summed E-state index contributed by atoms with van der Waals surface area (Å²) in [5, 5.41) is 8.40. The molecule has 0 unspecified atom stereocenters. The van der Waals surface area contributed by atoms with Gasteiger partial charge in [0.05, 0.1) is 0 Å². The average molecular weight is 311 g/mol. The smallest absolute Gasteiger partial charge is 0.124 e. The van der Waals surface area contributed by atoms with Crippen LogP contribution >= 0.6 is 11.6 Å². The molecule has 0 bridgehead atoms. The molecule has 0 aliphatic rings. The molecule has 0 fully saturated rings. The first-order valence-electron chi connectivity index (χ1n) is 7.64. The predicted molar refractivity (Wildman–Crippen MR) is 92.8 cm³/mol. The second-order valence-corrected chi connectivity index (χ2v) is 5.47. The average Bonchev–Trinajstić information content (AvgIpc) is 2.47. The van der Waals surface area contributed by atoms with E-state index in [1.807, 2.05) is 12.1 Å². The van der Waals surface area contributed by atoms with Gasteiger partial charge in [0.25, 0.3) is 0 Å². The van der Waals surface area contributed by atoms with Gasteiger partial charge in [-0.3, -0.25) is 5.41 Å². The first-order valence-corrected chi connectivity index (χ1v) is 8.02. The molecule has 0 atom stereocenters. The van der Waals surface area contributed by atoms with Crippen molar-refractivity contribution in [2.24, 2.45) is 5.73 Å². The summed E-state index contributed by atoms with van der Waals surface area (Å²) in [6, 6.07) is 5.51. The maximum Gasteiger partial charge on any atom is 0.124 e. The third-order valence-corrected chi connectivity index (χ3v) is 4.00. The first kappa shape index (κ1) is 17.8. The van der Waals surface area contributed by atoms with E-state index in [0.29, 0.717) is 5.02 Å². The maximum atomic E-state index is 7.72. The van der Waals surface area contributed by atoms with Gasteiger partial charge in [0, 0.05) is 29.4 Å². The van der Waals surface area contributed by atoms with Crippen molar-refractivity contribution in [2.45, 2.75) is 27.2 Å². The molecule has 4 nitrogen and oxygen atoms in total. The number of nitrogen functional groups attached to an aromatic ring is 1. The standard InChI is InChI=1S/C16H27ClN4/c1-4-20(5-2)10-7-11-21(6-3)15-12-13(17)8-9-14(15)16(18)19/h8-9,12H,4-7,10-11H2,1-3H3,(H3,18,19). The first-order chi connectivity index (χ1) is 10.0. The summed E-state index contributed by atoms with van der Waals surface area (Å²) in [6.07, 6.45) is 1.08. The van der Waals surface area contributed by atoms with Crippen LogP contribution in [0.15, 0.2) is 18.2 Å². The number of hydrogen-bond acceptors (Lipinski definition) is 3. The topological polar surface area (TPSA) is 56.4 Å². The zero-order chi connectivity index (χ0) is 15.8. The summed E-state index contributed by atoms with van der Waals surface area (Å²) in [7, 11) is 0. The van der Waals surface area contributed by atoms with Gasteiger partial charge < -0.3 is 15.5 Å². The Kier molecular flexibility index (Phi) is 7.54. The summed E-state index contributed by atoms with van der Waals surface area (Å²) in [5.41, 5.74) is 7.39. The number of amidine groups is 1. The van der Waals surface area contributed by atoms with Crippen molar-refractivity contribution in [1.29, 1.82) is 5.41 Å². The minimum Gasteiger partial charge on any atom is -0.384 e. The van der Waals surface area contributed by atoms with Gasteiger partial charge in [0.1, 0.15) is 5.84 Å². The van der Waals surface area contributed by atoms with E-state index in [1.165, 1.54) is 0 Å². The van der Waals surface area contributed by atoms with Crippen molar-refractivity contribution in [1.82, 2.24) is 4.90 Å². The lowest BCUT2D eigenvalue weighted by Gasteiger charge is -2.27. The van der Waals surface area contributed by atoms with Crippen LogP contribution < -0.4 is 10.6 Å². The van der Waals surface area contributed by atoms with E-state index in [0.717, 1.165) is 50.4 Å². The van der Waals surface area contributed by atoms with Gasteiger partial charge in [-0.2, -0.15) is 0 Å². The molecule has 118 valence electrons. The molecule has 0 saturated carbocycles. The maximum absolute atomic E-state index is 7.72. The van der Waals surface area contributed by atoms with Gasteiger partial charge in [-0.15, -0.1) is 0 Å². The van der Waals surface area contributed by atoms with Crippen LogP contribution in [0.3, 0.4) is 0 Å². The lowest BCUT2D eigenvalue weighted by atomic mass is 10.1. The molecule has 1 aromatic rings. The highest BCUT2D eigenvalue weighted by atomic mass is 35.5. The Balaban J connectivity index is 2.80. The molecule has 0 spiro atoms. The summed E-state index contributed by atoms with van der Waals surface area (Å²) in [6.45, 7) is 11.5. The lowest BCUT2D eigenvalue weighted by molar-refractivity contribution is 0.301. The van der Waals surface area contributed by atoms with Crippen LogP contribution in [-0.4, -0.2) is 43.5 Å². The molecule has 0 amide bonds. The molecular formula is C16H27ClN4. The molecular weight excluding hydrogens is 284 g/mol. The Bertz CT molecular complexity index is 458. The predicted octanol–water partition coefficient (Wildman–Crippen LogP) is 3.18. The van der Waals surface area contributed by atoms with Crippen LogP contribution in [0.1, 0.15) is 32.8 Å². The Hall–Kier alpha value is -1.26. The molecule has 5 heteroatoms. The van der Waals surface area contributed by atoms with Gasteiger partial charge in [-0.25, -0.2) is 0 Å². The van der Waals surface area contributed by atoms with E-state index < -0.39 is 0 Å². The Morgan fingerprint density at radius 2 is 1.81 bits per heavy atom. The van der Waals surface area contributed by atoms with Crippen LogP contribution in [0.25, 0.3) is 0 Å². The third-order valence-electron chi connectivity index (χ3n) is 3.77. The van der Waals surface area contributed by atoms with Gasteiger partial charge in [-0.1, -0.05) is 25.4 Å². The van der Waals surface area contributed by atoms with E-state index in [4.69, 9.17) is 22.7 Å². The van der Waals surface area contributed by atoms with Crippen molar-refractivity contribution in [3.05, 3.63) is 28.8 Å². The minimum absolute atomic E-state index is 0.0869. The highest BCUT2D eigenvalue weighted by molar-refractivity contribution is 6.31. The van der Waals surface area contributed by atoms with E-state index >= 15 is 0 Å². The molecule has 0 aromatic heterocycles. The SMILES string of the molecule is CCN(CC)CCCN(CC)c1cc(Cl)ccc1C(=N)N. The number of hydrogen-bond donors (Lipinski definition) is 2. The van der Waals surface area contributed by atoms with Crippen LogP contribution in [0.4, 0.5) is 5.69 Å². The zero-order valence-electron chi connectivity index (χ0n) is 13.3. The number of halogens is 1. The number of benzene rings is 1. The van der Waals surface area contributed by atoms with Crippen LogP contribution in [-0.2, 0) is 0 Å². The molecule has 0 heterocycles.